The van der Waals surface area contributed by atoms with Crippen LogP contribution in [0.25, 0.3) is 5.76 Å². The molecule has 0 saturated carbocycles. The first-order valence-electron chi connectivity index (χ1n) is 3.97. The molecule has 0 fully saturated rings. The third kappa shape index (κ3) is 2.09. The number of hydrogen-bond donors (Lipinski definition) is 0. The maximum Gasteiger partial charge on any atom is 0.120 e. The van der Waals surface area contributed by atoms with Crippen molar-refractivity contribution in [3.8, 4) is 0 Å². The summed E-state index contributed by atoms with van der Waals surface area (Å²) in [4.78, 5) is 4.05. The molecular formula is C10H13NO. The highest BCUT2D eigenvalue weighted by Gasteiger charge is 1.98. The van der Waals surface area contributed by atoms with Gasteiger partial charge in [0.15, 0.2) is 0 Å². The Morgan fingerprint density at radius 2 is 2.33 bits per heavy atom. The molecule has 0 aliphatic rings. The zero-order chi connectivity index (χ0) is 8.97. The number of rotatable bonds is 3. The first-order chi connectivity index (χ1) is 5.74. The van der Waals surface area contributed by atoms with Crippen molar-refractivity contribution < 1.29 is 4.74 Å². The van der Waals surface area contributed by atoms with E-state index in [0.717, 1.165) is 11.1 Å². The summed E-state index contributed by atoms with van der Waals surface area (Å²) in [6, 6.07) is 2.00. The first kappa shape index (κ1) is 8.78. The maximum atomic E-state index is 5.25. The standard InChI is InChI=1S/C10H13NO/c1-4-12-9(3)10-5-8(2)6-11-7-10/h5-7H,3-4H2,1-2H3. The van der Waals surface area contributed by atoms with Crippen LogP contribution in [-0.4, -0.2) is 11.6 Å². The third-order valence-electron chi connectivity index (χ3n) is 1.52. The molecule has 0 unspecified atom stereocenters. The molecule has 2 heteroatoms. The summed E-state index contributed by atoms with van der Waals surface area (Å²) in [7, 11) is 0. The van der Waals surface area contributed by atoms with E-state index in [1.54, 1.807) is 6.20 Å². The molecule has 1 aromatic heterocycles. The summed E-state index contributed by atoms with van der Waals surface area (Å²) >= 11 is 0. The Kier molecular flexibility index (Phi) is 2.86. The second-order valence-electron chi connectivity index (χ2n) is 2.61. The van der Waals surface area contributed by atoms with Gasteiger partial charge in [-0.1, -0.05) is 6.58 Å². The number of ether oxygens (including phenoxy) is 1. The van der Waals surface area contributed by atoms with Gasteiger partial charge in [-0.15, -0.1) is 0 Å². The average molecular weight is 163 g/mol. The predicted octanol–water partition coefficient (Wildman–Crippen LogP) is 2.40. The summed E-state index contributed by atoms with van der Waals surface area (Å²) in [6.07, 6.45) is 3.56. The van der Waals surface area contributed by atoms with Crippen molar-refractivity contribution in [2.75, 3.05) is 6.61 Å². The van der Waals surface area contributed by atoms with Crippen molar-refractivity contribution in [1.82, 2.24) is 4.98 Å². The Labute approximate surface area is 72.9 Å². The first-order valence-corrected chi connectivity index (χ1v) is 3.97. The molecule has 0 bridgehead atoms. The number of aromatic nitrogens is 1. The Bertz CT molecular complexity index is 281. The van der Waals surface area contributed by atoms with E-state index >= 15 is 0 Å². The van der Waals surface area contributed by atoms with Crippen molar-refractivity contribution in [1.29, 1.82) is 0 Å². The second-order valence-corrected chi connectivity index (χ2v) is 2.61. The van der Waals surface area contributed by atoms with Crippen molar-refractivity contribution in [3.63, 3.8) is 0 Å². The summed E-state index contributed by atoms with van der Waals surface area (Å²) < 4.78 is 5.25. The Balaban J connectivity index is 2.81. The minimum absolute atomic E-state index is 0.646. The number of nitrogens with zero attached hydrogens (tertiary/aromatic N) is 1. The van der Waals surface area contributed by atoms with Crippen LogP contribution in [0.5, 0.6) is 0 Å². The molecule has 0 aliphatic heterocycles. The van der Waals surface area contributed by atoms with Crippen molar-refractivity contribution in [3.05, 3.63) is 36.2 Å². The molecule has 0 radical (unpaired) electrons. The van der Waals surface area contributed by atoms with Crippen LogP contribution in [0.4, 0.5) is 0 Å². The molecular weight excluding hydrogens is 150 g/mol. The average Bonchev–Trinajstić information content (AvgIpc) is 2.05. The highest BCUT2D eigenvalue weighted by atomic mass is 16.5. The predicted molar refractivity (Wildman–Crippen MR) is 49.6 cm³/mol. The second kappa shape index (κ2) is 3.90. The van der Waals surface area contributed by atoms with Gasteiger partial charge in [0.25, 0.3) is 0 Å². The number of aryl methyl sites for hydroxylation is 1. The van der Waals surface area contributed by atoms with Gasteiger partial charge in [0, 0.05) is 18.0 Å². The quantitative estimate of drug-likeness (QED) is 0.638. The lowest BCUT2D eigenvalue weighted by atomic mass is 10.2. The fraction of sp³-hybridized carbons (Fsp3) is 0.300. The van der Waals surface area contributed by atoms with Crippen LogP contribution >= 0.6 is 0 Å². The molecule has 0 spiro atoms. The Hall–Kier alpha value is -1.31. The molecule has 0 atom stereocenters. The summed E-state index contributed by atoms with van der Waals surface area (Å²) in [5.74, 6) is 0.689. The van der Waals surface area contributed by atoms with Gasteiger partial charge in [-0.3, -0.25) is 4.98 Å². The van der Waals surface area contributed by atoms with Gasteiger partial charge in [-0.25, -0.2) is 0 Å². The number of pyridine rings is 1. The lowest BCUT2D eigenvalue weighted by Gasteiger charge is -2.06. The van der Waals surface area contributed by atoms with Crippen LogP contribution in [0.2, 0.25) is 0 Å². The maximum absolute atomic E-state index is 5.25. The topological polar surface area (TPSA) is 22.1 Å². The molecule has 0 saturated heterocycles. The van der Waals surface area contributed by atoms with E-state index in [2.05, 4.69) is 11.6 Å². The fourth-order valence-corrected chi connectivity index (χ4v) is 0.965. The fourth-order valence-electron chi connectivity index (χ4n) is 0.965. The monoisotopic (exact) mass is 163 g/mol. The molecule has 2 nitrogen and oxygen atoms in total. The molecule has 0 amide bonds. The van der Waals surface area contributed by atoms with Gasteiger partial charge < -0.3 is 4.74 Å². The summed E-state index contributed by atoms with van der Waals surface area (Å²) in [5.41, 5.74) is 2.07. The van der Waals surface area contributed by atoms with E-state index in [1.807, 2.05) is 26.1 Å². The van der Waals surface area contributed by atoms with E-state index in [4.69, 9.17) is 4.74 Å². The van der Waals surface area contributed by atoms with Gasteiger partial charge in [-0.2, -0.15) is 0 Å². The molecule has 0 aliphatic carbocycles. The number of hydrogen-bond acceptors (Lipinski definition) is 2. The van der Waals surface area contributed by atoms with Crippen LogP contribution in [0.15, 0.2) is 25.0 Å². The van der Waals surface area contributed by atoms with Crippen LogP contribution in [0.3, 0.4) is 0 Å². The van der Waals surface area contributed by atoms with Gasteiger partial charge >= 0.3 is 0 Å². The minimum atomic E-state index is 0.646. The van der Waals surface area contributed by atoms with E-state index in [1.165, 1.54) is 0 Å². The van der Waals surface area contributed by atoms with Gasteiger partial charge in [0.05, 0.1) is 6.61 Å². The van der Waals surface area contributed by atoms with E-state index in [0.29, 0.717) is 12.4 Å². The van der Waals surface area contributed by atoms with E-state index in [-0.39, 0.29) is 0 Å². The lowest BCUT2D eigenvalue weighted by molar-refractivity contribution is 0.299. The largest absolute Gasteiger partial charge is 0.494 e. The van der Waals surface area contributed by atoms with Crippen LogP contribution < -0.4 is 0 Å². The van der Waals surface area contributed by atoms with E-state index < -0.39 is 0 Å². The molecule has 12 heavy (non-hydrogen) atoms. The van der Waals surface area contributed by atoms with Gasteiger partial charge in [-0.05, 0) is 25.5 Å². The molecule has 1 heterocycles. The normalized spacial score (nSPS) is 9.50. The molecule has 0 N–H and O–H groups in total. The zero-order valence-corrected chi connectivity index (χ0v) is 7.50. The van der Waals surface area contributed by atoms with Crippen molar-refractivity contribution >= 4 is 5.76 Å². The van der Waals surface area contributed by atoms with Crippen LogP contribution in [0.1, 0.15) is 18.1 Å². The zero-order valence-electron chi connectivity index (χ0n) is 7.50. The SMILES string of the molecule is C=C(OCC)c1cncc(C)c1. The van der Waals surface area contributed by atoms with Crippen LogP contribution in [0, 0.1) is 6.92 Å². The third-order valence-corrected chi connectivity index (χ3v) is 1.52. The summed E-state index contributed by atoms with van der Waals surface area (Å²) in [5, 5.41) is 0. The minimum Gasteiger partial charge on any atom is -0.494 e. The van der Waals surface area contributed by atoms with E-state index in [9.17, 15) is 0 Å². The van der Waals surface area contributed by atoms with Gasteiger partial charge in [0.2, 0.25) is 0 Å². The molecule has 1 rings (SSSR count). The highest BCUT2D eigenvalue weighted by Crippen LogP contribution is 2.12. The molecule has 0 aromatic carbocycles. The Morgan fingerprint density at radius 3 is 2.92 bits per heavy atom. The molecule has 64 valence electrons. The Morgan fingerprint density at radius 1 is 1.58 bits per heavy atom. The lowest BCUT2D eigenvalue weighted by Crippen LogP contribution is -1.91. The molecule has 1 aromatic rings. The summed E-state index contributed by atoms with van der Waals surface area (Å²) in [6.45, 7) is 8.37. The van der Waals surface area contributed by atoms with Crippen LogP contribution in [-0.2, 0) is 4.74 Å². The smallest absolute Gasteiger partial charge is 0.120 e. The van der Waals surface area contributed by atoms with Crippen molar-refractivity contribution in [2.24, 2.45) is 0 Å². The highest BCUT2D eigenvalue weighted by molar-refractivity contribution is 5.56. The van der Waals surface area contributed by atoms with Gasteiger partial charge in [0.1, 0.15) is 5.76 Å². The van der Waals surface area contributed by atoms with Crippen molar-refractivity contribution in [2.45, 2.75) is 13.8 Å².